The predicted molar refractivity (Wildman–Crippen MR) is 56.1 cm³/mol. The molecule has 82 valence electrons. The Morgan fingerprint density at radius 3 is 2.60 bits per heavy atom. The summed E-state index contributed by atoms with van der Waals surface area (Å²) in [5.74, 6) is -0.599. The SMILES string of the molecule is COC(=O)[C@@H](N)[C@@H](O)Cc1ccccc1. The maximum atomic E-state index is 11.0. The average Bonchev–Trinajstić information content (AvgIpc) is 2.28. The lowest BCUT2D eigenvalue weighted by molar-refractivity contribution is -0.144. The first-order chi connectivity index (χ1) is 7.15. The number of benzene rings is 1. The van der Waals surface area contributed by atoms with Crippen LogP contribution in [0.5, 0.6) is 0 Å². The molecular formula is C11H15NO3. The third-order valence-electron chi connectivity index (χ3n) is 2.18. The van der Waals surface area contributed by atoms with Crippen molar-refractivity contribution in [2.24, 2.45) is 5.73 Å². The molecule has 15 heavy (non-hydrogen) atoms. The molecule has 0 spiro atoms. The largest absolute Gasteiger partial charge is 0.468 e. The van der Waals surface area contributed by atoms with Crippen molar-refractivity contribution < 1.29 is 14.6 Å². The molecule has 4 nitrogen and oxygen atoms in total. The monoisotopic (exact) mass is 209 g/mol. The number of esters is 1. The zero-order chi connectivity index (χ0) is 11.3. The van der Waals surface area contributed by atoms with E-state index in [0.717, 1.165) is 5.56 Å². The molecule has 1 aromatic rings. The molecule has 0 aromatic heterocycles. The molecule has 1 aromatic carbocycles. The Morgan fingerprint density at radius 1 is 1.47 bits per heavy atom. The Bertz CT molecular complexity index is 313. The number of hydrogen-bond donors (Lipinski definition) is 2. The van der Waals surface area contributed by atoms with E-state index >= 15 is 0 Å². The van der Waals surface area contributed by atoms with Crippen LogP contribution in [0.15, 0.2) is 30.3 Å². The number of nitrogens with two attached hydrogens (primary N) is 1. The van der Waals surface area contributed by atoms with E-state index < -0.39 is 18.1 Å². The Hall–Kier alpha value is -1.39. The van der Waals surface area contributed by atoms with Gasteiger partial charge >= 0.3 is 5.97 Å². The van der Waals surface area contributed by atoms with Gasteiger partial charge in [0.2, 0.25) is 0 Å². The van der Waals surface area contributed by atoms with Gasteiger partial charge in [0, 0.05) is 6.42 Å². The first-order valence-electron chi connectivity index (χ1n) is 4.70. The molecule has 0 unspecified atom stereocenters. The van der Waals surface area contributed by atoms with Crippen LogP contribution in [0, 0.1) is 0 Å². The number of ether oxygens (including phenoxy) is 1. The van der Waals surface area contributed by atoms with Crippen molar-refractivity contribution in [3.8, 4) is 0 Å². The van der Waals surface area contributed by atoms with Gasteiger partial charge in [0.05, 0.1) is 13.2 Å². The van der Waals surface area contributed by atoms with Crippen LogP contribution in [0.2, 0.25) is 0 Å². The summed E-state index contributed by atoms with van der Waals surface area (Å²) in [6, 6.07) is 8.36. The summed E-state index contributed by atoms with van der Waals surface area (Å²) < 4.78 is 4.45. The van der Waals surface area contributed by atoms with Gasteiger partial charge in [0.25, 0.3) is 0 Å². The third-order valence-corrected chi connectivity index (χ3v) is 2.18. The molecule has 0 radical (unpaired) electrons. The summed E-state index contributed by atoms with van der Waals surface area (Å²) in [5.41, 5.74) is 6.43. The zero-order valence-electron chi connectivity index (χ0n) is 8.59. The number of carbonyl (C=O) groups excluding carboxylic acids is 1. The first-order valence-corrected chi connectivity index (χ1v) is 4.70. The summed E-state index contributed by atoms with van der Waals surface area (Å²) in [4.78, 5) is 11.0. The minimum atomic E-state index is -0.991. The van der Waals surface area contributed by atoms with E-state index in [1.54, 1.807) is 0 Å². The van der Waals surface area contributed by atoms with E-state index in [1.807, 2.05) is 30.3 Å². The van der Waals surface area contributed by atoms with E-state index in [4.69, 9.17) is 5.73 Å². The lowest BCUT2D eigenvalue weighted by atomic mass is 10.0. The lowest BCUT2D eigenvalue weighted by Crippen LogP contribution is -2.43. The molecule has 0 saturated heterocycles. The molecule has 0 aliphatic rings. The van der Waals surface area contributed by atoms with Crippen LogP contribution in [-0.4, -0.2) is 30.3 Å². The van der Waals surface area contributed by atoms with Gasteiger partial charge in [-0.1, -0.05) is 30.3 Å². The third kappa shape index (κ3) is 3.34. The molecule has 0 aliphatic heterocycles. The maximum Gasteiger partial charge on any atom is 0.325 e. The van der Waals surface area contributed by atoms with Crippen LogP contribution < -0.4 is 5.73 Å². The Labute approximate surface area is 88.7 Å². The highest BCUT2D eigenvalue weighted by Gasteiger charge is 2.23. The summed E-state index contributed by atoms with van der Waals surface area (Å²) in [7, 11) is 1.25. The van der Waals surface area contributed by atoms with E-state index in [2.05, 4.69) is 4.74 Å². The van der Waals surface area contributed by atoms with Gasteiger partial charge in [-0.05, 0) is 5.56 Å². The molecule has 0 heterocycles. The fraction of sp³-hybridized carbons (Fsp3) is 0.364. The number of methoxy groups -OCH3 is 1. The van der Waals surface area contributed by atoms with Crippen LogP contribution in [-0.2, 0) is 16.0 Å². The standard InChI is InChI=1S/C11H15NO3/c1-15-11(14)10(12)9(13)7-8-5-3-2-4-6-8/h2-6,9-10,13H,7,12H2,1H3/t9-,10-/m0/s1. The summed E-state index contributed by atoms with van der Waals surface area (Å²) in [6.07, 6.45) is -0.572. The van der Waals surface area contributed by atoms with Crippen molar-refractivity contribution in [2.45, 2.75) is 18.6 Å². The molecule has 1 rings (SSSR count). The van der Waals surface area contributed by atoms with Gasteiger partial charge in [-0.2, -0.15) is 0 Å². The lowest BCUT2D eigenvalue weighted by Gasteiger charge is -2.16. The summed E-state index contributed by atoms with van der Waals surface area (Å²) >= 11 is 0. The van der Waals surface area contributed by atoms with Crippen LogP contribution >= 0.6 is 0 Å². The number of aliphatic hydroxyl groups excluding tert-OH is 1. The Kier molecular flexibility index (Phi) is 4.27. The highest BCUT2D eigenvalue weighted by molar-refractivity contribution is 5.76. The normalized spacial score (nSPS) is 14.3. The molecule has 4 heteroatoms. The van der Waals surface area contributed by atoms with Gasteiger partial charge in [0.15, 0.2) is 0 Å². The van der Waals surface area contributed by atoms with Crippen LogP contribution in [0.4, 0.5) is 0 Å². The highest BCUT2D eigenvalue weighted by atomic mass is 16.5. The Morgan fingerprint density at radius 2 is 2.07 bits per heavy atom. The molecule has 0 fully saturated rings. The fourth-order valence-corrected chi connectivity index (χ4v) is 1.28. The van der Waals surface area contributed by atoms with E-state index in [9.17, 15) is 9.90 Å². The van der Waals surface area contributed by atoms with E-state index in [1.165, 1.54) is 7.11 Å². The van der Waals surface area contributed by atoms with Crippen molar-refractivity contribution in [2.75, 3.05) is 7.11 Å². The van der Waals surface area contributed by atoms with Gasteiger partial charge in [-0.25, -0.2) is 0 Å². The summed E-state index contributed by atoms with van der Waals surface area (Å²) in [6.45, 7) is 0. The summed E-state index contributed by atoms with van der Waals surface area (Å²) in [5, 5.41) is 9.65. The van der Waals surface area contributed by atoms with Crippen LogP contribution in [0.3, 0.4) is 0 Å². The van der Waals surface area contributed by atoms with Gasteiger partial charge in [0.1, 0.15) is 6.04 Å². The molecule has 0 amide bonds. The minimum Gasteiger partial charge on any atom is -0.468 e. The van der Waals surface area contributed by atoms with E-state index in [-0.39, 0.29) is 0 Å². The van der Waals surface area contributed by atoms with Crippen molar-refractivity contribution in [3.63, 3.8) is 0 Å². The smallest absolute Gasteiger partial charge is 0.325 e. The highest BCUT2D eigenvalue weighted by Crippen LogP contribution is 2.05. The molecule has 2 atom stereocenters. The second-order valence-electron chi connectivity index (χ2n) is 3.31. The topological polar surface area (TPSA) is 72.5 Å². The van der Waals surface area contributed by atoms with Crippen LogP contribution in [0.1, 0.15) is 5.56 Å². The minimum absolute atomic E-state index is 0.344. The first kappa shape index (κ1) is 11.7. The van der Waals surface area contributed by atoms with Gasteiger partial charge in [-0.15, -0.1) is 0 Å². The zero-order valence-corrected chi connectivity index (χ0v) is 8.59. The van der Waals surface area contributed by atoms with Gasteiger partial charge < -0.3 is 15.6 Å². The molecule has 0 saturated carbocycles. The fourth-order valence-electron chi connectivity index (χ4n) is 1.28. The number of carbonyl (C=O) groups is 1. The number of hydrogen-bond acceptors (Lipinski definition) is 4. The number of aliphatic hydroxyl groups is 1. The molecule has 0 bridgehead atoms. The number of rotatable bonds is 4. The van der Waals surface area contributed by atoms with Crippen LogP contribution in [0.25, 0.3) is 0 Å². The Balaban J connectivity index is 2.56. The molecule has 0 aliphatic carbocycles. The molecule has 3 N–H and O–H groups in total. The second-order valence-corrected chi connectivity index (χ2v) is 3.31. The van der Waals surface area contributed by atoms with Crippen molar-refractivity contribution in [1.29, 1.82) is 0 Å². The second kappa shape index (κ2) is 5.48. The quantitative estimate of drug-likeness (QED) is 0.689. The average molecular weight is 209 g/mol. The van der Waals surface area contributed by atoms with E-state index in [0.29, 0.717) is 6.42 Å². The maximum absolute atomic E-state index is 11.0. The van der Waals surface area contributed by atoms with Gasteiger partial charge in [-0.3, -0.25) is 4.79 Å². The van der Waals surface area contributed by atoms with Crippen molar-refractivity contribution in [3.05, 3.63) is 35.9 Å². The predicted octanol–water partition coefficient (Wildman–Crippen LogP) is 0.0903. The molecular weight excluding hydrogens is 194 g/mol. The van der Waals surface area contributed by atoms with Crippen molar-refractivity contribution >= 4 is 5.97 Å². The van der Waals surface area contributed by atoms with Crippen molar-refractivity contribution in [1.82, 2.24) is 0 Å².